The van der Waals surface area contributed by atoms with Gasteiger partial charge in [-0.2, -0.15) is 115 Å². The molecule has 0 nitrogen and oxygen atoms in total. The van der Waals surface area contributed by atoms with E-state index in [0.717, 1.165) is 6.42 Å². The Bertz CT molecular complexity index is 486. The van der Waals surface area contributed by atoms with Gasteiger partial charge in [-0.3, -0.25) is 6.08 Å². The third-order valence-electron chi connectivity index (χ3n) is 2.69. The Morgan fingerprint density at radius 1 is 0.600 bits per heavy atom. The molecule has 0 saturated heterocycles. The summed E-state index contributed by atoms with van der Waals surface area (Å²) < 4.78 is 0. The van der Waals surface area contributed by atoms with E-state index in [9.17, 15) is 0 Å². The number of rotatable bonds is 0. The Morgan fingerprint density at radius 2 is 0.960 bits per heavy atom. The molecule has 0 aliphatic heterocycles. The van der Waals surface area contributed by atoms with Crippen LogP contribution in [-0.4, -0.2) is 0 Å². The minimum absolute atomic E-state index is 0. The molecule has 0 heterocycles. The predicted molar refractivity (Wildman–Crippen MR) is 102 cm³/mol. The summed E-state index contributed by atoms with van der Waals surface area (Å²) in [5.41, 5.74) is 1.27. The van der Waals surface area contributed by atoms with Gasteiger partial charge >= 0.3 is 21.7 Å². The third-order valence-corrected chi connectivity index (χ3v) is 2.69. The number of hydrogen-bond donors (Lipinski definition) is 0. The fourth-order valence-electron chi connectivity index (χ4n) is 1.54. The average Bonchev–Trinajstić information content (AvgIpc) is 3.18. The van der Waals surface area contributed by atoms with Crippen molar-refractivity contribution in [1.82, 2.24) is 0 Å². The molecular weight excluding hydrogens is 336 g/mol. The van der Waals surface area contributed by atoms with E-state index in [1.807, 2.05) is 91.0 Å². The van der Waals surface area contributed by atoms with Crippen molar-refractivity contribution < 1.29 is 21.7 Å². The first kappa shape index (κ1) is 22.9. The van der Waals surface area contributed by atoms with E-state index < -0.39 is 0 Å². The van der Waals surface area contributed by atoms with Gasteiger partial charge in [0.05, 0.1) is 0 Å². The maximum absolute atomic E-state index is 3.12. The van der Waals surface area contributed by atoms with Crippen LogP contribution in [-0.2, 0) is 21.7 Å². The molecule has 0 bridgehead atoms. The molecule has 1 heteroatoms. The first-order chi connectivity index (χ1) is 11.9. The van der Waals surface area contributed by atoms with E-state index in [0.29, 0.717) is 0 Å². The molecular formula is C24H22Ti. The maximum atomic E-state index is 3.12. The van der Waals surface area contributed by atoms with Crippen molar-refractivity contribution in [2.75, 3.05) is 0 Å². The molecule has 122 valence electrons. The normalized spacial score (nSPS) is 10.2. The fourth-order valence-corrected chi connectivity index (χ4v) is 1.54. The van der Waals surface area contributed by atoms with E-state index in [4.69, 9.17) is 0 Å². The molecule has 25 heavy (non-hydrogen) atoms. The van der Waals surface area contributed by atoms with Gasteiger partial charge in [-0.15, -0.1) is 6.42 Å². The standard InChI is InChI=1S/C6H7.3C6H5.Ti/c1-6-4-2-3-5-6;3*1-2-4-6-5-3-1;/h2,4H,3H2,1H3;3*1-5H;/q4*-1;+4. The van der Waals surface area contributed by atoms with E-state index in [1.54, 1.807) is 0 Å². The van der Waals surface area contributed by atoms with Crippen LogP contribution in [0, 0.1) is 24.3 Å². The summed E-state index contributed by atoms with van der Waals surface area (Å²) in [5, 5.41) is 0. The van der Waals surface area contributed by atoms with Crippen molar-refractivity contribution >= 4 is 0 Å². The fraction of sp³-hybridized carbons (Fsp3) is 0.0833. The number of benzene rings is 3. The van der Waals surface area contributed by atoms with Crippen LogP contribution in [0.25, 0.3) is 0 Å². The van der Waals surface area contributed by atoms with Crippen molar-refractivity contribution in [3.63, 3.8) is 0 Å². The molecule has 3 aromatic rings. The zero-order chi connectivity index (χ0) is 17.1. The van der Waals surface area contributed by atoms with Crippen molar-refractivity contribution in [3.05, 3.63) is 133 Å². The molecule has 0 amide bonds. The largest absolute Gasteiger partial charge is 4.00 e. The van der Waals surface area contributed by atoms with Crippen LogP contribution >= 0.6 is 0 Å². The minimum atomic E-state index is 0. The van der Waals surface area contributed by atoms with Gasteiger partial charge in [0.1, 0.15) is 0 Å². The van der Waals surface area contributed by atoms with Gasteiger partial charge in [0.2, 0.25) is 0 Å². The SMILES string of the molecule is CC1=[C-]CC=C1.[Ti+4].[c-]1ccccc1.[c-]1ccccc1.[c-]1ccccc1. The van der Waals surface area contributed by atoms with Gasteiger partial charge in [-0.05, 0) is 0 Å². The van der Waals surface area contributed by atoms with Crippen molar-refractivity contribution in [3.8, 4) is 0 Å². The Kier molecular flexibility index (Phi) is 16.6. The van der Waals surface area contributed by atoms with Crippen LogP contribution in [0.5, 0.6) is 0 Å². The van der Waals surface area contributed by atoms with E-state index in [2.05, 4.69) is 43.4 Å². The van der Waals surface area contributed by atoms with Crippen LogP contribution in [0.2, 0.25) is 0 Å². The summed E-state index contributed by atoms with van der Waals surface area (Å²) >= 11 is 0. The van der Waals surface area contributed by atoms with Crippen LogP contribution in [0.3, 0.4) is 0 Å². The average molecular weight is 358 g/mol. The summed E-state index contributed by atoms with van der Waals surface area (Å²) in [4.78, 5) is 0. The molecule has 0 spiro atoms. The second-order valence-corrected chi connectivity index (χ2v) is 4.70. The van der Waals surface area contributed by atoms with Crippen LogP contribution in [0.15, 0.2) is 109 Å². The molecule has 0 unspecified atom stereocenters. The second-order valence-electron chi connectivity index (χ2n) is 4.70. The third kappa shape index (κ3) is 16.5. The van der Waals surface area contributed by atoms with Crippen LogP contribution in [0.4, 0.5) is 0 Å². The number of allylic oxidation sites excluding steroid dienone is 4. The predicted octanol–water partition coefficient (Wildman–Crippen LogP) is 6.15. The zero-order valence-corrected chi connectivity index (χ0v) is 16.1. The molecule has 0 fully saturated rings. The smallest absolute Gasteiger partial charge is 0.270 e. The molecule has 1 aliphatic rings. The molecule has 1 aliphatic carbocycles. The van der Waals surface area contributed by atoms with Gasteiger partial charge < -0.3 is 0 Å². The summed E-state index contributed by atoms with van der Waals surface area (Å²) in [7, 11) is 0. The Morgan fingerprint density at radius 3 is 1.04 bits per heavy atom. The Labute approximate surface area is 167 Å². The monoisotopic (exact) mass is 358 g/mol. The summed E-state index contributed by atoms with van der Waals surface area (Å²) in [5.74, 6) is 0. The molecule has 0 saturated carbocycles. The van der Waals surface area contributed by atoms with E-state index in [-0.39, 0.29) is 21.7 Å². The minimum Gasteiger partial charge on any atom is -0.270 e. The van der Waals surface area contributed by atoms with Crippen molar-refractivity contribution in [1.29, 1.82) is 0 Å². The zero-order valence-electron chi connectivity index (χ0n) is 14.5. The molecule has 4 rings (SSSR count). The van der Waals surface area contributed by atoms with Gasteiger partial charge in [-0.25, -0.2) is 11.6 Å². The van der Waals surface area contributed by atoms with E-state index >= 15 is 0 Å². The van der Waals surface area contributed by atoms with Gasteiger partial charge in [0.25, 0.3) is 0 Å². The molecule has 0 aromatic heterocycles. The van der Waals surface area contributed by atoms with Gasteiger partial charge in [0.15, 0.2) is 0 Å². The first-order valence-corrected chi connectivity index (χ1v) is 7.87. The Balaban J connectivity index is 0.000000303. The quantitative estimate of drug-likeness (QED) is 0.334. The molecule has 0 atom stereocenters. The van der Waals surface area contributed by atoms with Crippen LogP contribution < -0.4 is 0 Å². The topological polar surface area (TPSA) is 0 Å². The molecule has 0 N–H and O–H groups in total. The van der Waals surface area contributed by atoms with Crippen molar-refractivity contribution in [2.24, 2.45) is 0 Å². The Hall–Kier alpha value is -2.15. The summed E-state index contributed by atoms with van der Waals surface area (Å²) in [6.45, 7) is 2.06. The van der Waals surface area contributed by atoms with Crippen molar-refractivity contribution in [2.45, 2.75) is 13.3 Å². The maximum Gasteiger partial charge on any atom is 4.00 e. The number of hydrogen-bond acceptors (Lipinski definition) is 0. The van der Waals surface area contributed by atoms with E-state index in [1.165, 1.54) is 5.57 Å². The van der Waals surface area contributed by atoms with Gasteiger partial charge in [0, 0.05) is 0 Å². The van der Waals surface area contributed by atoms with Gasteiger partial charge in [-0.1, -0.05) is 6.92 Å². The summed E-state index contributed by atoms with van der Waals surface area (Å²) in [6.07, 6.45) is 8.33. The van der Waals surface area contributed by atoms with Crippen LogP contribution in [0.1, 0.15) is 13.3 Å². The second kappa shape index (κ2) is 18.2. The molecule has 0 radical (unpaired) electrons. The molecule has 3 aromatic carbocycles. The summed E-state index contributed by atoms with van der Waals surface area (Å²) in [6, 6.07) is 37.5. The first-order valence-electron chi connectivity index (χ1n) is 7.87.